The summed E-state index contributed by atoms with van der Waals surface area (Å²) in [4.78, 5) is 19.7. The van der Waals surface area contributed by atoms with Gasteiger partial charge in [0, 0.05) is 5.69 Å². The molecule has 7 nitrogen and oxygen atoms in total. The fraction of sp³-hybridized carbons (Fsp3) is 0.167. The van der Waals surface area contributed by atoms with E-state index in [4.69, 9.17) is 9.52 Å². The van der Waals surface area contributed by atoms with Gasteiger partial charge in [-0.05, 0) is 12.5 Å². The number of nitrogens with one attached hydrogen (secondary N) is 1. The lowest BCUT2D eigenvalue weighted by Crippen LogP contribution is -2.20. The van der Waals surface area contributed by atoms with Gasteiger partial charge in [-0.15, -0.1) is 0 Å². The van der Waals surface area contributed by atoms with Gasteiger partial charge in [0.25, 0.3) is 5.56 Å². The second-order valence-corrected chi connectivity index (χ2v) is 6.08. The number of oxazole rings is 1. The van der Waals surface area contributed by atoms with Crippen LogP contribution in [0.4, 0.5) is 13.2 Å². The van der Waals surface area contributed by atoms with Gasteiger partial charge in [0.1, 0.15) is 23.2 Å². The van der Waals surface area contributed by atoms with Crippen molar-refractivity contribution >= 4 is 5.65 Å². The molecule has 0 atom stereocenters. The van der Waals surface area contributed by atoms with E-state index in [-0.39, 0.29) is 39.6 Å². The Hall–Kier alpha value is -3.40. The van der Waals surface area contributed by atoms with Crippen molar-refractivity contribution in [2.45, 2.75) is 19.7 Å². The highest BCUT2D eigenvalue weighted by atomic mass is 19.4. The van der Waals surface area contributed by atoms with E-state index in [1.807, 2.05) is 0 Å². The van der Waals surface area contributed by atoms with Gasteiger partial charge >= 0.3 is 6.18 Å². The van der Waals surface area contributed by atoms with Gasteiger partial charge in [-0.3, -0.25) is 4.79 Å². The number of aromatic nitrogens is 4. The summed E-state index contributed by atoms with van der Waals surface area (Å²) in [5.74, 6) is -0.116. The summed E-state index contributed by atoms with van der Waals surface area (Å²) in [6.45, 7) is 1.12. The molecular weight excluding hydrogens is 377 g/mol. The quantitative estimate of drug-likeness (QED) is 0.560. The predicted molar refractivity (Wildman–Crippen MR) is 92.4 cm³/mol. The highest BCUT2D eigenvalue weighted by Crippen LogP contribution is 2.38. The minimum Gasteiger partial charge on any atom is -0.444 e. The molecule has 4 rings (SSSR count). The number of hydrogen-bond donors (Lipinski definition) is 2. The smallest absolute Gasteiger partial charge is 0.435 e. The third-order valence-corrected chi connectivity index (χ3v) is 4.23. The standard InChI is InChI=1S/C18H13F3N4O3/c1-9-12(16-23-11(7-26)8-28-16)17(27)25-15(22-9)13(10-5-3-2-4-6-10)14(24-25)18(19,20)21/h2-6,8,22,26H,7H2,1H3. The van der Waals surface area contributed by atoms with Crippen LogP contribution >= 0.6 is 0 Å². The molecule has 0 amide bonds. The first-order chi connectivity index (χ1) is 13.3. The Morgan fingerprint density at radius 2 is 1.93 bits per heavy atom. The van der Waals surface area contributed by atoms with Crippen LogP contribution in [0.15, 0.2) is 45.8 Å². The van der Waals surface area contributed by atoms with E-state index < -0.39 is 24.0 Å². The molecule has 0 aliphatic rings. The average molecular weight is 390 g/mol. The Bertz CT molecular complexity index is 1220. The molecule has 10 heteroatoms. The second-order valence-electron chi connectivity index (χ2n) is 6.08. The number of aryl methyl sites for hydroxylation is 1. The lowest BCUT2D eigenvalue weighted by atomic mass is 10.1. The molecular formula is C18H13F3N4O3. The zero-order valence-electron chi connectivity index (χ0n) is 14.4. The van der Waals surface area contributed by atoms with Crippen molar-refractivity contribution in [2.24, 2.45) is 0 Å². The lowest BCUT2D eigenvalue weighted by Gasteiger charge is -2.07. The third-order valence-electron chi connectivity index (χ3n) is 4.23. The molecule has 0 saturated heterocycles. The normalized spacial score (nSPS) is 12.0. The monoisotopic (exact) mass is 390 g/mol. The van der Waals surface area contributed by atoms with Gasteiger partial charge in [-0.2, -0.15) is 22.8 Å². The number of aromatic amines is 1. The van der Waals surface area contributed by atoms with Crippen LogP contribution in [0.2, 0.25) is 0 Å². The van der Waals surface area contributed by atoms with Gasteiger partial charge in [0.05, 0.1) is 12.2 Å². The van der Waals surface area contributed by atoms with E-state index >= 15 is 0 Å². The molecule has 0 unspecified atom stereocenters. The van der Waals surface area contributed by atoms with Crippen molar-refractivity contribution in [1.82, 2.24) is 19.6 Å². The topological polar surface area (TPSA) is 96.4 Å². The predicted octanol–water partition coefficient (Wildman–Crippen LogP) is 3.16. The Balaban J connectivity index is 2.07. The molecule has 0 saturated carbocycles. The molecule has 2 N–H and O–H groups in total. The van der Waals surface area contributed by atoms with E-state index in [1.54, 1.807) is 18.2 Å². The van der Waals surface area contributed by atoms with Crippen LogP contribution in [0.1, 0.15) is 17.1 Å². The number of rotatable bonds is 3. The molecule has 0 spiro atoms. The van der Waals surface area contributed by atoms with Gasteiger partial charge < -0.3 is 14.5 Å². The van der Waals surface area contributed by atoms with E-state index in [0.29, 0.717) is 4.52 Å². The fourth-order valence-electron chi connectivity index (χ4n) is 3.01. The summed E-state index contributed by atoms with van der Waals surface area (Å²) in [6.07, 6.45) is -3.60. The van der Waals surface area contributed by atoms with Crippen LogP contribution in [-0.4, -0.2) is 24.7 Å². The van der Waals surface area contributed by atoms with Crippen molar-refractivity contribution in [3.05, 3.63) is 64.0 Å². The summed E-state index contributed by atoms with van der Waals surface area (Å²) < 4.78 is 46.7. The molecule has 0 aliphatic heterocycles. The summed E-state index contributed by atoms with van der Waals surface area (Å²) in [5.41, 5.74) is -1.64. The van der Waals surface area contributed by atoms with Crippen LogP contribution in [-0.2, 0) is 12.8 Å². The Morgan fingerprint density at radius 3 is 2.54 bits per heavy atom. The molecule has 4 aromatic rings. The first-order valence-corrected chi connectivity index (χ1v) is 8.15. The molecule has 0 aliphatic carbocycles. The lowest BCUT2D eigenvalue weighted by molar-refractivity contribution is -0.140. The first kappa shape index (κ1) is 18.0. The molecule has 0 bridgehead atoms. The second kappa shape index (κ2) is 6.34. The third kappa shape index (κ3) is 2.78. The van der Waals surface area contributed by atoms with Crippen molar-refractivity contribution in [3.8, 4) is 22.6 Å². The van der Waals surface area contributed by atoms with Crippen LogP contribution in [0, 0.1) is 6.92 Å². The van der Waals surface area contributed by atoms with Gasteiger partial charge in [-0.1, -0.05) is 30.3 Å². The number of H-pyrrole nitrogens is 1. The van der Waals surface area contributed by atoms with Gasteiger partial charge in [0.2, 0.25) is 5.89 Å². The summed E-state index contributed by atoms with van der Waals surface area (Å²) in [7, 11) is 0. The van der Waals surface area contributed by atoms with Gasteiger partial charge in [-0.25, -0.2) is 4.98 Å². The number of alkyl halides is 3. The minimum atomic E-state index is -4.77. The average Bonchev–Trinajstić information content (AvgIpc) is 3.27. The molecule has 1 aromatic carbocycles. The molecule has 3 aromatic heterocycles. The highest BCUT2D eigenvalue weighted by Gasteiger charge is 2.39. The zero-order chi connectivity index (χ0) is 20.1. The maximum absolute atomic E-state index is 13.6. The molecule has 144 valence electrons. The van der Waals surface area contributed by atoms with Crippen LogP contribution in [0.3, 0.4) is 0 Å². The number of fused-ring (bicyclic) bond motifs is 1. The Morgan fingerprint density at radius 1 is 1.21 bits per heavy atom. The van der Waals surface area contributed by atoms with Crippen LogP contribution < -0.4 is 5.56 Å². The van der Waals surface area contributed by atoms with E-state index in [2.05, 4.69) is 15.1 Å². The summed E-state index contributed by atoms with van der Waals surface area (Å²) >= 11 is 0. The minimum absolute atomic E-state index is 0.0666. The maximum Gasteiger partial charge on any atom is 0.435 e. The van der Waals surface area contributed by atoms with E-state index in [1.165, 1.54) is 19.1 Å². The van der Waals surface area contributed by atoms with Gasteiger partial charge in [0.15, 0.2) is 5.69 Å². The number of halogens is 3. The molecule has 0 fully saturated rings. The highest BCUT2D eigenvalue weighted by molar-refractivity contribution is 5.81. The SMILES string of the molecule is Cc1[nH]c2c(-c3ccccc3)c(C(F)(F)F)nn2c(=O)c1-c1nc(CO)co1. The van der Waals surface area contributed by atoms with Crippen molar-refractivity contribution in [2.75, 3.05) is 0 Å². The fourth-order valence-corrected chi connectivity index (χ4v) is 3.01. The largest absolute Gasteiger partial charge is 0.444 e. The zero-order valence-corrected chi connectivity index (χ0v) is 14.4. The van der Waals surface area contributed by atoms with Crippen LogP contribution in [0.25, 0.3) is 28.2 Å². The molecule has 3 heterocycles. The van der Waals surface area contributed by atoms with Crippen molar-refractivity contribution < 1.29 is 22.7 Å². The van der Waals surface area contributed by atoms with Crippen molar-refractivity contribution in [1.29, 1.82) is 0 Å². The van der Waals surface area contributed by atoms with Crippen molar-refractivity contribution in [3.63, 3.8) is 0 Å². The summed E-state index contributed by atoms with van der Waals surface area (Å²) in [5, 5.41) is 12.7. The van der Waals surface area contributed by atoms with Crippen LogP contribution in [0.5, 0.6) is 0 Å². The number of aliphatic hydroxyl groups is 1. The summed E-state index contributed by atoms with van der Waals surface area (Å²) in [6, 6.07) is 7.89. The Kier molecular flexibility index (Phi) is 4.07. The maximum atomic E-state index is 13.6. The Labute approximate surface area is 155 Å². The number of hydrogen-bond acceptors (Lipinski definition) is 5. The van der Waals surface area contributed by atoms with E-state index in [0.717, 1.165) is 6.26 Å². The number of benzene rings is 1. The number of aliphatic hydroxyl groups excluding tert-OH is 1. The van der Waals surface area contributed by atoms with E-state index in [9.17, 15) is 18.0 Å². The molecule has 28 heavy (non-hydrogen) atoms. The number of nitrogens with zero attached hydrogens (tertiary/aromatic N) is 3. The molecule has 0 radical (unpaired) electrons. The first-order valence-electron chi connectivity index (χ1n) is 8.15.